The van der Waals surface area contributed by atoms with Crippen LogP contribution in [0, 0.1) is 0 Å². The fraction of sp³-hybridized carbons (Fsp3) is 0.514. The number of fused-ring (bicyclic) bond motifs is 5. The maximum atomic E-state index is 12.8. The van der Waals surface area contributed by atoms with E-state index < -0.39 is 32.6 Å². The number of aryl methyl sites for hydroxylation is 4. The van der Waals surface area contributed by atoms with Crippen molar-refractivity contribution in [1.29, 1.82) is 0 Å². The molecule has 5 unspecified atom stereocenters. The number of aldehydes is 1. The molecule has 143 heavy (non-hydrogen) atoms. The average Bonchev–Trinajstić information content (AvgIpc) is 1.69. The average molecular weight is 2430 g/mol. The first-order valence-electron chi connectivity index (χ1n) is 49.1. The number of halogens is 9. The number of aliphatic carboxylic acids is 1. The first-order valence-corrected chi connectivity index (χ1v) is 59.2. The maximum absolute atomic E-state index is 12.8. The van der Waals surface area contributed by atoms with E-state index in [1.54, 1.807) is 65.5 Å². The van der Waals surface area contributed by atoms with Gasteiger partial charge in [0.2, 0.25) is 0 Å². The molecule has 2 fully saturated rings. The summed E-state index contributed by atoms with van der Waals surface area (Å²) in [5, 5.41) is 25.0. The number of carboxylic acids is 1. The van der Waals surface area contributed by atoms with E-state index in [1.165, 1.54) is 127 Å². The second-order valence-corrected chi connectivity index (χ2v) is 48.0. The third-order valence-electron chi connectivity index (χ3n) is 23.9. The van der Waals surface area contributed by atoms with E-state index >= 15 is 0 Å². The molecular weight excluding hydrogens is 2280 g/mol. The van der Waals surface area contributed by atoms with Crippen LogP contribution in [-0.2, 0) is 65.2 Å². The van der Waals surface area contributed by atoms with Crippen LogP contribution in [0.2, 0.25) is 18.1 Å². The molecule has 8 aromatic rings. The molecule has 9 heterocycles. The summed E-state index contributed by atoms with van der Waals surface area (Å²) in [6.07, 6.45) is 35.4. The molecular formula is C105H142Br6F3LiN6O19S2Si. The molecule has 0 saturated carbocycles. The van der Waals surface area contributed by atoms with E-state index in [1.807, 2.05) is 54.6 Å². The second-order valence-electron chi connectivity index (χ2n) is 34.8. The number of Topliss-reactive ketones (excluding diaryl/α,β-unsaturated/α-hetero) is 2. The zero-order valence-corrected chi connectivity index (χ0v) is 96.0. The Bertz CT molecular complexity index is 5260. The summed E-state index contributed by atoms with van der Waals surface area (Å²) in [5.41, 5.74) is 7.58. The van der Waals surface area contributed by atoms with E-state index in [0.717, 1.165) is 190 Å². The number of hydrogen-bond acceptors (Lipinski definition) is 20. The first-order chi connectivity index (χ1) is 67.5. The molecule has 0 aliphatic carbocycles. The SMILES string of the molecule is CC(=O)OCCCCC1CCc2cc(Br)ccc2O1.CC(=O)c1cc(Br)ccc1O.CCCCCC1CC(=O)c2cc(Br)ccc2O1.CCCCCC1CCc2cc(Br)ccc2O1.CCCCCC=O.CC[SiH](CC)CC.O=C(O)C(F)(F)F.O=S1(=O)N(CCCCC2CCc3cc(Br)ccc3O2)CCN1c1ccncc1.O=S1(=O)NCCN1c1ccncc1.OCCCCC1CCc2cc(Br)ccc2O1.[Li+].[OH-]. The number of ketones is 2. The molecule has 5 atom stereocenters. The largest absolute Gasteiger partial charge is 1.00 e. The summed E-state index contributed by atoms with van der Waals surface area (Å²) in [4.78, 5) is 59.8. The van der Waals surface area contributed by atoms with Crippen molar-refractivity contribution in [2.45, 2.75) is 303 Å². The van der Waals surface area contributed by atoms with Crippen LogP contribution in [-0.4, -0.2) is 173 Å². The maximum Gasteiger partial charge on any atom is 1.00 e. The molecule has 2 saturated heterocycles. The van der Waals surface area contributed by atoms with E-state index in [2.05, 4.69) is 188 Å². The number of unbranched alkanes of at least 4 members (excludes halogenated alkanes) is 10. The summed E-state index contributed by atoms with van der Waals surface area (Å²) in [6.45, 7) is 19.7. The number of rotatable bonds is 32. The Morgan fingerprint density at radius 2 is 0.874 bits per heavy atom. The molecule has 786 valence electrons. The third-order valence-corrected chi connectivity index (χ3v) is 33.9. The van der Waals surface area contributed by atoms with Crippen molar-refractivity contribution in [2.24, 2.45) is 0 Å². The van der Waals surface area contributed by atoms with Crippen LogP contribution >= 0.6 is 95.6 Å². The van der Waals surface area contributed by atoms with E-state index in [-0.39, 0.29) is 75.2 Å². The Labute approximate surface area is 909 Å². The van der Waals surface area contributed by atoms with Crippen LogP contribution in [0.1, 0.15) is 265 Å². The predicted octanol–water partition coefficient (Wildman–Crippen LogP) is 23.6. The van der Waals surface area contributed by atoms with Gasteiger partial charge in [-0.3, -0.25) is 33.0 Å². The fourth-order valence-corrected chi connectivity index (χ4v) is 23.0. The zero-order chi connectivity index (χ0) is 103. The van der Waals surface area contributed by atoms with Crippen molar-refractivity contribution in [3.05, 3.63) is 218 Å². The fourth-order valence-electron chi connectivity index (χ4n) is 16.0. The zero-order valence-electron chi connectivity index (χ0n) is 83.7. The number of carboxylic acid groups (broad SMARTS) is 1. The van der Waals surface area contributed by atoms with Crippen LogP contribution in [0.15, 0.2) is 185 Å². The molecule has 25 nitrogen and oxygen atoms in total. The minimum absolute atomic E-state index is 0. The van der Waals surface area contributed by atoms with Crippen LogP contribution in [0.3, 0.4) is 0 Å². The van der Waals surface area contributed by atoms with Crippen molar-refractivity contribution >= 4 is 166 Å². The molecule has 6 aromatic carbocycles. The standard InChI is InChI=1S/C20H24BrN3O3S.C15H19BrO3.C14H17BrO2.C14H19BrO.C13H17BrO2.C8H7BrO2.C7H9N3O2S.C6H12O.C6H16Si.C2HF3O2.Li.H2O/c21-17-5-7-20-16(15-17)4-6-19(27-20)3-1-2-12-23-13-14-24(28(23,25)26)18-8-10-22-11-9-18;1-11(17)18-9-3-2-4-14-7-5-12-10-13(16)6-8-15(12)19-14;1-2-3-4-5-11-9-13(16)12-8-10(15)6-7-14(12)17-11;1-2-3-4-5-13-8-6-11-10-12(15)7-9-14(11)16-13;14-11-5-7-13-10(9-11)4-6-12(16-13)3-1-2-8-15;1-5(10)7-4-6(9)2-3-8(7)11;11-13(12)9-5-6-10(13)7-1-3-8-4-2-7;1-2-3-4-5-6-7;1-4-7(5-2)6-3;3-2(4,5)1(6)7;;/h5,7-11,15,19H,1-4,6,12-14H2;6,8,10,14H,2-5,7,9H2,1H3;6-8,11H,2-5,9H2,1H3;7,9-10,13H,2-6,8H2,1H3;5,7,9,12,15H,1-4,6,8H2;2-4,11H,1H3;1-4,9H,5-6H2;6H,2-5H2,1H3;7H,4-6H2,1-3H3;(H,6,7);;1H2/q;;;;;;;;;;+1;/p-1. The Balaban J connectivity index is 0.000000340. The third kappa shape index (κ3) is 48.1. The summed E-state index contributed by atoms with van der Waals surface area (Å²) in [7, 11) is -6.88. The molecule has 0 spiro atoms. The number of aromatic hydroxyl groups is 1. The summed E-state index contributed by atoms with van der Waals surface area (Å²) in [6, 6.07) is 46.6. The van der Waals surface area contributed by atoms with Crippen molar-refractivity contribution in [2.75, 3.05) is 54.5 Å². The number of alkyl halides is 3. The van der Waals surface area contributed by atoms with Gasteiger partial charge < -0.3 is 54.0 Å². The first kappa shape index (κ1) is 128. The number of nitrogens with zero attached hydrogens (tertiary/aromatic N) is 5. The molecule has 7 aliphatic rings. The van der Waals surface area contributed by atoms with E-state index in [0.29, 0.717) is 86.6 Å². The van der Waals surface area contributed by atoms with Crippen molar-refractivity contribution < 1.29 is 122 Å². The molecule has 38 heteroatoms. The Kier molecular flexibility index (Phi) is 63.1. The van der Waals surface area contributed by atoms with Crippen LogP contribution < -0.4 is 55.9 Å². The van der Waals surface area contributed by atoms with Crippen LogP contribution in [0.5, 0.6) is 34.5 Å². The topological polar surface area (TPSA) is 347 Å². The van der Waals surface area contributed by atoms with Crippen molar-refractivity contribution in [1.82, 2.24) is 19.0 Å². The molecule has 0 radical (unpaired) electrons. The Morgan fingerprint density at radius 1 is 0.503 bits per heavy atom. The number of esters is 1. The number of carbonyl (C=O) groups excluding carboxylic acids is 4. The number of nitrogens with one attached hydrogen (secondary N) is 1. The smallest absolute Gasteiger partial charge is 0.870 e. The van der Waals surface area contributed by atoms with Gasteiger partial charge in [-0.05, 0) is 304 Å². The minimum atomic E-state index is -5.08. The van der Waals surface area contributed by atoms with Gasteiger partial charge in [0.15, 0.2) is 11.6 Å². The van der Waals surface area contributed by atoms with Crippen LogP contribution in [0.25, 0.3) is 0 Å². The number of phenolic OH excluding ortho intramolecular Hbond substituents is 1. The van der Waals surface area contributed by atoms with Crippen LogP contribution in [0.4, 0.5) is 24.5 Å². The second kappa shape index (κ2) is 70.2. The number of aromatic nitrogens is 2. The number of pyridine rings is 2. The normalized spacial score (nSPS) is 17.1. The molecule has 7 aliphatic heterocycles. The number of hydrogen-bond donors (Lipinski definition) is 4. The number of anilines is 2. The van der Waals surface area contributed by atoms with Crippen molar-refractivity contribution in [3.8, 4) is 34.5 Å². The molecule has 15 rings (SSSR count). The molecule has 0 amide bonds. The minimum Gasteiger partial charge on any atom is -0.870 e. The summed E-state index contributed by atoms with van der Waals surface area (Å²) in [5.74, 6) is 2.00. The van der Waals surface area contributed by atoms with Gasteiger partial charge in [0.25, 0.3) is 0 Å². The van der Waals surface area contributed by atoms with Gasteiger partial charge in [-0.25, -0.2) is 4.79 Å². The van der Waals surface area contributed by atoms with E-state index in [4.69, 9.17) is 48.5 Å². The van der Waals surface area contributed by atoms with E-state index in [9.17, 15) is 49.2 Å². The Hall–Kier alpha value is -6.81. The van der Waals surface area contributed by atoms with Gasteiger partial charge in [-0.2, -0.15) is 39.0 Å². The predicted molar refractivity (Wildman–Crippen MR) is 579 cm³/mol. The molecule has 0 bridgehead atoms. The van der Waals surface area contributed by atoms with Gasteiger partial charge >= 0.3 is 57.4 Å². The number of ether oxygens (including phenoxy) is 6. The van der Waals surface area contributed by atoms with Gasteiger partial charge in [0.1, 0.15) is 46.9 Å². The number of phenols is 1. The number of aliphatic hydroxyl groups excluding tert-OH is 1. The molecule has 2 aromatic heterocycles. The molecule has 5 N–H and O–H groups in total. The summed E-state index contributed by atoms with van der Waals surface area (Å²) >= 11 is 20.5. The van der Waals surface area contributed by atoms with Gasteiger partial charge in [-0.1, -0.05) is 194 Å². The van der Waals surface area contributed by atoms with Gasteiger partial charge in [0, 0.05) is 120 Å². The number of aliphatic hydroxyl groups is 1. The quantitative estimate of drug-likeness (QED) is 0.01000. The van der Waals surface area contributed by atoms with Gasteiger partial charge in [0.05, 0.1) is 53.5 Å². The Morgan fingerprint density at radius 3 is 1.24 bits per heavy atom. The number of benzene rings is 6. The monoisotopic (exact) mass is 2420 g/mol. The van der Waals surface area contributed by atoms with Gasteiger partial charge in [-0.15, -0.1) is 0 Å². The van der Waals surface area contributed by atoms with Crippen molar-refractivity contribution in [3.63, 3.8) is 0 Å². The summed E-state index contributed by atoms with van der Waals surface area (Å²) < 4.78 is 128. The number of carbonyl (C=O) groups is 5.